The van der Waals surface area contributed by atoms with Crippen molar-refractivity contribution in [3.8, 4) is 0 Å². The van der Waals surface area contributed by atoms with Crippen molar-refractivity contribution in [1.82, 2.24) is 10.2 Å². The van der Waals surface area contributed by atoms with Crippen LogP contribution in [-0.2, 0) is 9.47 Å². The molecular formula is C9H18N2O4. The third-order valence-corrected chi connectivity index (χ3v) is 2.14. The van der Waals surface area contributed by atoms with Gasteiger partial charge in [0.05, 0.1) is 25.8 Å². The van der Waals surface area contributed by atoms with E-state index in [2.05, 4.69) is 5.32 Å². The van der Waals surface area contributed by atoms with E-state index in [4.69, 9.17) is 9.47 Å². The molecule has 88 valence electrons. The molecule has 1 unspecified atom stereocenters. The second-order valence-electron chi connectivity index (χ2n) is 3.41. The first-order chi connectivity index (χ1) is 7.24. The van der Waals surface area contributed by atoms with Gasteiger partial charge in [-0.2, -0.15) is 0 Å². The Morgan fingerprint density at radius 2 is 2.53 bits per heavy atom. The Morgan fingerprint density at radius 1 is 1.73 bits per heavy atom. The predicted molar refractivity (Wildman–Crippen MR) is 53.7 cm³/mol. The minimum atomic E-state index is -0.562. The lowest BCUT2D eigenvalue weighted by Crippen LogP contribution is -2.39. The van der Waals surface area contributed by atoms with E-state index in [9.17, 15) is 9.90 Å². The Balaban J connectivity index is 2.07. The molecule has 0 aliphatic carbocycles. The van der Waals surface area contributed by atoms with Gasteiger partial charge in [0.1, 0.15) is 6.61 Å². The fourth-order valence-electron chi connectivity index (χ4n) is 1.35. The van der Waals surface area contributed by atoms with Gasteiger partial charge in [0.25, 0.3) is 0 Å². The second-order valence-corrected chi connectivity index (χ2v) is 3.41. The lowest BCUT2D eigenvalue weighted by molar-refractivity contribution is 0.114. The van der Waals surface area contributed by atoms with Crippen LogP contribution < -0.4 is 5.32 Å². The van der Waals surface area contributed by atoms with Crippen molar-refractivity contribution in [1.29, 1.82) is 0 Å². The molecule has 6 heteroatoms. The molecule has 0 spiro atoms. The van der Waals surface area contributed by atoms with Crippen molar-refractivity contribution in [2.24, 2.45) is 0 Å². The molecule has 6 nitrogen and oxygen atoms in total. The highest BCUT2D eigenvalue weighted by atomic mass is 16.6. The Bertz CT molecular complexity index is 201. The summed E-state index contributed by atoms with van der Waals surface area (Å²) < 4.78 is 9.59. The average Bonchev–Trinajstić information content (AvgIpc) is 2.59. The maximum absolute atomic E-state index is 11.0. The van der Waals surface area contributed by atoms with Gasteiger partial charge in [-0.05, 0) is 0 Å². The molecule has 1 aliphatic heterocycles. The Labute approximate surface area is 89.1 Å². The predicted octanol–water partition coefficient (Wildman–Crippen LogP) is -0.964. The van der Waals surface area contributed by atoms with Crippen molar-refractivity contribution in [3.63, 3.8) is 0 Å². The second kappa shape index (κ2) is 6.60. The fraction of sp³-hybridized carbons (Fsp3) is 0.889. The molecule has 0 bridgehead atoms. The van der Waals surface area contributed by atoms with E-state index < -0.39 is 6.10 Å². The highest BCUT2D eigenvalue weighted by Gasteiger charge is 2.23. The van der Waals surface area contributed by atoms with Crippen LogP contribution in [0.5, 0.6) is 0 Å². The van der Waals surface area contributed by atoms with Gasteiger partial charge in [-0.25, -0.2) is 4.79 Å². The van der Waals surface area contributed by atoms with Crippen molar-refractivity contribution in [2.75, 3.05) is 46.5 Å². The summed E-state index contributed by atoms with van der Waals surface area (Å²) in [5, 5.41) is 12.6. The Morgan fingerprint density at radius 3 is 3.13 bits per heavy atom. The van der Waals surface area contributed by atoms with Crippen LogP contribution in [0.3, 0.4) is 0 Å². The number of rotatable bonds is 7. The van der Waals surface area contributed by atoms with Crippen LogP contribution in [0.4, 0.5) is 4.79 Å². The highest BCUT2D eigenvalue weighted by molar-refractivity contribution is 5.69. The first-order valence-electron chi connectivity index (χ1n) is 5.03. The molecule has 1 aliphatic rings. The monoisotopic (exact) mass is 218 g/mol. The van der Waals surface area contributed by atoms with Crippen molar-refractivity contribution in [2.45, 2.75) is 6.10 Å². The van der Waals surface area contributed by atoms with Gasteiger partial charge in [0.2, 0.25) is 0 Å². The number of hydrogen-bond donors (Lipinski definition) is 2. The van der Waals surface area contributed by atoms with Crippen LogP contribution in [-0.4, -0.2) is 68.7 Å². The number of carbonyl (C=O) groups is 1. The molecule has 2 N–H and O–H groups in total. The van der Waals surface area contributed by atoms with Crippen LogP contribution in [0.2, 0.25) is 0 Å². The summed E-state index contributed by atoms with van der Waals surface area (Å²) in [7, 11) is 1.62. The molecule has 0 aromatic carbocycles. The molecule has 1 rings (SSSR count). The SMILES string of the molecule is COCCNCC(O)CN1CCOC1=O. The molecule has 1 saturated heterocycles. The third kappa shape index (κ3) is 4.46. The number of amides is 1. The molecule has 1 amide bonds. The van der Waals surface area contributed by atoms with Gasteiger partial charge in [-0.1, -0.05) is 0 Å². The molecule has 1 fully saturated rings. The van der Waals surface area contributed by atoms with Crippen LogP contribution in [0, 0.1) is 0 Å². The molecule has 0 radical (unpaired) electrons. The zero-order chi connectivity index (χ0) is 11.1. The average molecular weight is 218 g/mol. The summed E-state index contributed by atoms with van der Waals surface area (Å²) in [6.45, 7) is 3.05. The summed E-state index contributed by atoms with van der Waals surface area (Å²) in [4.78, 5) is 12.5. The Kier molecular flexibility index (Phi) is 5.38. The van der Waals surface area contributed by atoms with Crippen LogP contribution in [0.25, 0.3) is 0 Å². The van der Waals surface area contributed by atoms with E-state index in [1.807, 2.05) is 0 Å². The summed E-state index contributed by atoms with van der Waals surface area (Å²) >= 11 is 0. The lowest BCUT2D eigenvalue weighted by atomic mass is 10.3. The maximum atomic E-state index is 11.0. The Hall–Kier alpha value is -0.850. The number of nitrogens with one attached hydrogen (secondary N) is 1. The number of carbonyl (C=O) groups excluding carboxylic acids is 1. The van der Waals surface area contributed by atoms with E-state index in [0.717, 1.165) is 0 Å². The summed E-state index contributed by atoms with van der Waals surface area (Å²) in [5.74, 6) is 0. The standard InChI is InChI=1S/C9H18N2O4/c1-14-4-2-10-6-8(12)7-11-3-5-15-9(11)13/h8,10,12H,2-7H2,1H3. The molecule has 0 aromatic rings. The van der Waals surface area contributed by atoms with Gasteiger partial charge in [-0.3, -0.25) is 0 Å². The zero-order valence-corrected chi connectivity index (χ0v) is 8.94. The molecule has 0 saturated carbocycles. The molecule has 1 atom stereocenters. The minimum absolute atomic E-state index is 0.318. The number of aliphatic hydroxyl groups is 1. The van der Waals surface area contributed by atoms with E-state index in [1.54, 1.807) is 7.11 Å². The number of ether oxygens (including phenoxy) is 2. The number of aliphatic hydroxyl groups excluding tert-OH is 1. The zero-order valence-electron chi connectivity index (χ0n) is 8.94. The number of nitrogens with zero attached hydrogens (tertiary/aromatic N) is 1. The molecule has 0 aromatic heterocycles. The summed E-state index contributed by atoms with van der Waals surface area (Å²) in [5.41, 5.74) is 0. The minimum Gasteiger partial charge on any atom is -0.448 e. The first-order valence-corrected chi connectivity index (χ1v) is 5.03. The largest absolute Gasteiger partial charge is 0.448 e. The molecular weight excluding hydrogens is 200 g/mol. The van der Waals surface area contributed by atoms with Crippen molar-refractivity contribution in [3.05, 3.63) is 0 Å². The third-order valence-electron chi connectivity index (χ3n) is 2.14. The lowest BCUT2D eigenvalue weighted by Gasteiger charge is -2.17. The van der Waals surface area contributed by atoms with E-state index in [0.29, 0.717) is 39.4 Å². The normalized spacial score (nSPS) is 18.0. The summed E-state index contributed by atoms with van der Waals surface area (Å²) in [6, 6.07) is 0. The molecule has 15 heavy (non-hydrogen) atoms. The van der Waals surface area contributed by atoms with E-state index >= 15 is 0 Å². The number of hydrogen-bond acceptors (Lipinski definition) is 5. The number of methoxy groups -OCH3 is 1. The quantitative estimate of drug-likeness (QED) is 0.538. The van der Waals surface area contributed by atoms with Gasteiger partial charge in [0, 0.05) is 20.2 Å². The van der Waals surface area contributed by atoms with Crippen LogP contribution >= 0.6 is 0 Å². The number of β-amino-alcohol motifs (C(OH)–C–C–N with tert-alkyl or cyclic N) is 1. The highest BCUT2D eigenvalue weighted by Crippen LogP contribution is 2.03. The maximum Gasteiger partial charge on any atom is 0.410 e. The molecule has 1 heterocycles. The van der Waals surface area contributed by atoms with Crippen LogP contribution in [0.15, 0.2) is 0 Å². The van der Waals surface area contributed by atoms with Gasteiger partial charge < -0.3 is 24.8 Å². The van der Waals surface area contributed by atoms with E-state index in [-0.39, 0.29) is 6.09 Å². The first kappa shape index (κ1) is 12.2. The smallest absolute Gasteiger partial charge is 0.410 e. The summed E-state index contributed by atoms with van der Waals surface area (Å²) in [6.07, 6.45) is -0.904. The van der Waals surface area contributed by atoms with Crippen molar-refractivity contribution < 1.29 is 19.4 Å². The van der Waals surface area contributed by atoms with Crippen molar-refractivity contribution >= 4 is 6.09 Å². The van der Waals surface area contributed by atoms with E-state index in [1.165, 1.54) is 4.90 Å². The van der Waals surface area contributed by atoms with Gasteiger partial charge in [0.15, 0.2) is 0 Å². The van der Waals surface area contributed by atoms with Gasteiger partial charge in [-0.15, -0.1) is 0 Å². The van der Waals surface area contributed by atoms with Gasteiger partial charge >= 0.3 is 6.09 Å². The topological polar surface area (TPSA) is 71.0 Å². The number of cyclic esters (lactones) is 1. The van der Waals surface area contributed by atoms with Crippen LogP contribution in [0.1, 0.15) is 0 Å². The fourth-order valence-corrected chi connectivity index (χ4v) is 1.35.